The molecule has 0 radical (unpaired) electrons. The molecule has 0 aliphatic heterocycles. The van der Waals surface area contributed by atoms with Gasteiger partial charge in [-0.2, -0.15) is 45.3 Å². The number of sulfone groups is 1. The Kier molecular flexibility index (Phi) is 11.8. The molecule has 0 saturated heterocycles. The topological polar surface area (TPSA) is 158 Å². The zero-order valence-corrected chi connectivity index (χ0v) is 37.4. The van der Waals surface area contributed by atoms with Crippen molar-refractivity contribution in [3.8, 4) is 23.0 Å². The number of nitrogens with zero attached hydrogens (tertiary/aromatic N) is 5. The van der Waals surface area contributed by atoms with E-state index in [1.807, 2.05) is 0 Å². The van der Waals surface area contributed by atoms with Crippen molar-refractivity contribution in [3.05, 3.63) is 93.0 Å². The molecule has 67 heavy (non-hydrogen) atoms. The van der Waals surface area contributed by atoms with Crippen LogP contribution in [0.15, 0.2) is 42.5 Å². The zero-order chi connectivity index (χ0) is 49.0. The molecule has 3 aliphatic carbocycles. The Labute approximate surface area is 380 Å². The predicted molar refractivity (Wildman–Crippen MR) is 223 cm³/mol. The summed E-state index contributed by atoms with van der Waals surface area (Å²) in [6.45, 7) is 0.879. The molecule has 3 aliphatic rings. The highest BCUT2D eigenvalue weighted by molar-refractivity contribution is 7.94. The van der Waals surface area contributed by atoms with Gasteiger partial charge in [-0.3, -0.25) is 18.9 Å². The number of carbonyl (C=O) groups excluding carboxylic acids is 1. The number of fused-ring (bicyclic) bond motifs is 4. The molecular weight excluding hydrogens is 972 g/mol. The van der Waals surface area contributed by atoms with Crippen LogP contribution in [0.5, 0.6) is 0 Å². The molecule has 5 aromatic rings. The molecule has 2 N–H and O–H groups in total. The maximum atomic E-state index is 15.5. The van der Waals surface area contributed by atoms with E-state index in [1.165, 1.54) is 45.0 Å². The summed E-state index contributed by atoms with van der Waals surface area (Å²) in [6.07, 6.45) is -10.2. The average molecular weight is 1010 g/mol. The Hall–Kier alpha value is -5.41. The number of amides is 1. The van der Waals surface area contributed by atoms with E-state index in [0.29, 0.717) is 23.6 Å². The first-order valence-electron chi connectivity index (χ1n) is 20.4. The highest BCUT2D eigenvalue weighted by Gasteiger charge is 2.68. The molecule has 0 bridgehead atoms. The Bertz CT molecular complexity index is 3140. The second-order valence-electron chi connectivity index (χ2n) is 17.0. The lowest BCUT2D eigenvalue weighted by molar-refractivity contribution is -0.142. The highest BCUT2D eigenvalue weighted by atomic mass is 35.5. The van der Waals surface area contributed by atoms with Gasteiger partial charge in [0.05, 0.1) is 38.7 Å². The molecule has 3 heterocycles. The summed E-state index contributed by atoms with van der Waals surface area (Å²) >= 11 is 6.53. The second-order valence-corrected chi connectivity index (χ2v) is 22.2. The number of pyridine rings is 1. The molecule has 0 unspecified atom stereocenters. The number of anilines is 1. The molecule has 25 heteroatoms. The molecule has 8 rings (SSSR count). The molecule has 358 valence electrons. The van der Waals surface area contributed by atoms with Crippen LogP contribution in [0.2, 0.25) is 5.02 Å². The minimum Gasteiger partial charge on any atom is -0.346 e. The predicted octanol–water partition coefficient (Wildman–Crippen LogP) is 8.59. The Morgan fingerprint density at radius 1 is 0.955 bits per heavy atom. The van der Waals surface area contributed by atoms with Crippen LogP contribution in [-0.4, -0.2) is 69.2 Å². The minimum atomic E-state index is -5.19. The maximum Gasteiger partial charge on any atom is 0.435 e. The summed E-state index contributed by atoms with van der Waals surface area (Å²) in [5.41, 5.74) is -5.05. The van der Waals surface area contributed by atoms with Gasteiger partial charge in [0.25, 0.3) is 5.92 Å². The van der Waals surface area contributed by atoms with Crippen molar-refractivity contribution in [2.45, 2.75) is 99.8 Å². The molecule has 2 fully saturated rings. The van der Waals surface area contributed by atoms with E-state index in [1.54, 1.807) is 0 Å². The van der Waals surface area contributed by atoms with Crippen molar-refractivity contribution in [1.82, 2.24) is 29.9 Å². The molecule has 2 aromatic carbocycles. The summed E-state index contributed by atoms with van der Waals surface area (Å²) in [5, 5.41) is 8.51. The molecule has 0 spiro atoms. The first-order chi connectivity index (χ1) is 31.0. The summed E-state index contributed by atoms with van der Waals surface area (Å²) in [6, 6.07) is 5.39. The zero-order valence-electron chi connectivity index (χ0n) is 35.1. The molecular formula is C42H36ClF10N7O5S2. The van der Waals surface area contributed by atoms with E-state index in [4.69, 9.17) is 11.6 Å². The molecule has 3 atom stereocenters. The van der Waals surface area contributed by atoms with Gasteiger partial charge in [-0.1, -0.05) is 23.6 Å². The van der Waals surface area contributed by atoms with Crippen molar-refractivity contribution in [1.29, 1.82) is 0 Å². The number of aromatic nitrogens is 5. The van der Waals surface area contributed by atoms with Gasteiger partial charge in [-0.05, 0) is 94.2 Å². The Morgan fingerprint density at radius 3 is 2.22 bits per heavy atom. The van der Waals surface area contributed by atoms with Gasteiger partial charge < -0.3 is 5.32 Å². The Balaban J connectivity index is 1.33. The second kappa shape index (κ2) is 16.4. The van der Waals surface area contributed by atoms with E-state index < -0.39 is 137 Å². The van der Waals surface area contributed by atoms with Crippen molar-refractivity contribution < 1.29 is 65.5 Å². The summed E-state index contributed by atoms with van der Waals surface area (Å²) in [5.74, 6) is -5.70. The lowest BCUT2D eigenvalue weighted by Crippen LogP contribution is -2.35. The van der Waals surface area contributed by atoms with Crippen LogP contribution < -0.4 is 10.0 Å². The first kappa shape index (κ1) is 48.1. The van der Waals surface area contributed by atoms with Crippen LogP contribution >= 0.6 is 11.6 Å². The lowest BCUT2D eigenvalue weighted by atomic mass is 9.93. The summed E-state index contributed by atoms with van der Waals surface area (Å²) in [4.78, 5) is 18.7. The lowest BCUT2D eigenvalue weighted by Gasteiger charge is -2.23. The number of nitrogens with one attached hydrogen (secondary N) is 2. The standard InChI is InChI=1S/C42H36ClF10N7O5S2/c1-4-66(62,63)58-38-33-29(43)10-9-26(35(33)60(57-38)19-40(46,47)48)25-8-5-23(11-12-39(2,3)67(64,65)24-6-7-24)54-34(25)30(15-20-13-21(44)16-22(45)14-20)55-31(61)18-59-37-32(36(56-59)42(51,52)53)27-17-28(27)41(37,49)50/h5,8-10,13-14,16,24,27-28,30H,4,6-7,15,17-19H2,1-3H3,(H,55,61)(H,57,58)/t27-,28+,30-/m0/s1. The van der Waals surface area contributed by atoms with E-state index in [0.717, 1.165) is 12.1 Å². The van der Waals surface area contributed by atoms with Crippen LogP contribution in [0.4, 0.5) is 49.7 Å². The average Bonchev–Trinajstić information content (AvgIpc) is 4.13. The molecule has 3 aromatic heterocycles. The summed E-state index contributed by atoms with van der Waals surface area (Å²) in [7, 11) is -8.02. The van der Waals surface area contributed by atoms with Crippen LogP contribution in [0.25, 0.3) is 22.0 Å². The fourth-order valence-corrected chi connectivity index (χ4v) is 10.9. The minimum absolute atomic E-state index is 0.182. The monoisotopic (exact) mass is 1010 g/mol. The number of sulfonamides is 1. The van der Waals surface area contributed by atoms with E-state index >= 15 is 8.78 Å². The number of alkyl halides is 8. The van der Waals surface area contributed by atoms with Gasteiger partial charge in [-0.15, -0.1) is 0 Å². The number of benzene rings is 2. The third-order valence-electron chi connectivity index (χ3n) is 11.7. The number of hydrogen-bond acceptors (Lipinski definition) is 8. The van der Waals surface area contributed by atoms with Crippen LogP contribution in [0.3, 0.4) is 0 Å². The van der Waals surface area contributed by atoms with E-state index in [9.17, 15) is 56.8 Å². The van der Waals surface area contributed by atoms with Gasteiger partial charge in [0.15, 0.2) is 21.3 Å². The van der Waals surface area contributed by atoms with Gasteiger partial charge >= 0.3 is 12.4 Å². The highest BCUT2D eigenvalue weighted by Crippen LogP contribution is 2.68. The third-order valence-corrected chi connectivity index (χ3v) is 16.2. The van der Waals surface area contributed by atoms with Crippen molar-refractivity contribution in [2.75, 3.05) is 10.5 Å². The SMILES string of the molecule is CCS(=O)(=O)Nc1nn(CC(F)(F)F)c2c(-c3ccc(C#CC(C)(C)S(=O)(=O)C4CC4)nc3[C@H](Cc3cc(F)cc(F)c3)NC(=O)Cn3nc(C(F)(F)F)c4c3C(F)(F)[C@@H]3C[C@H]43)ccc(Cl)c12. The largest absolute Gasteiger partial charge is 0.435 e. The molecule has 12 nitrogen and oxygen atoms in total. The normalized spacial score (nSPS) is 18.5. The summed E-state index contributed by atoms with van der Waals surface area (Å²) < 4.78 is 199. The van der Waals surface area contributed by atoms with Crippen LogP contribution in [-0.2, 0) is 56.3 Å². The molecule has 1 amide bonds. The maximum absolute atomic E-state index is 15.5. The fourth-order valence-electron chi connectivity index (χ4n) is 8.34. The smallest absolute Gasteiger partial charge is 0.346 e. The van der Waals surface area contributed by atoms with Gasteiger partial charge in [0.2, 0.25) is 15.9 Å². The number of halogens is 11. The van der Waals surface area contributed by atoms with Gasteiger partial charge in [0.1, 0.15) is 40.9 Å². The quantitative estimate of drug-likeness (QED) is 0.0878. The van der Waals surface area contributed by atoms with Crippen molar-refractivity contribution >= 4 is 54.1 Å². The van der Waals surface area contributed by atoms with E-state index in [2.05, 4.69) is 37.1 Å². The Morgan fingerprint density at radius 2 is 1.61 bits per heavy atom. The van der Waals surface area contributed by atoms with Gasteiger partial charge in [-0.25, -0.2) is 30.6 Å². The van der Waals surface area contributed by atoms with Crippen LogP contribution in [0, 0.1) is 29.4 Å². The van der Waals surface area contributed by atoms with Crippen molar-refractivity contribution in [2.24, 2.45) is 5.92 Å². The fraction of sp³-hybridized carbons (Fsp3) is 0.429. The van der Waals surface area contributed by atoms with Gasteiger partial charge in [0, 0.05) is 28.7 Å². The number of rotatable bonds is 13. The van der Waals surface area contributed by atoms with Crippen LogP contribution in [0.1, 0.15) is 85.9 Å². The first-order valence-corrected chi connectivity index (χ1v) is 23.9. The number of carbonyl (C=O) groups is 1. The van der Waals surface area contributed by atoms with Crippen molar-refractivity contribution in [3.63, 3.8) is 0 Å². The third kappa shape index (κ3) is 9.29. The molecule has 2 saturated carbocycles. The number of hydrogen-bond donors (Lipinski definition) is 2. The van der Waals surface area contributed by atoms with E-state index in [-0.39, 0.29) is 49.6 Å².